The predicted octanol–water partition coefficient (Wildman–Crippen LogP) is 5.13. The van der Waals surface area contributed by atoms with E-state index in [1.807, 2.05) is 51.1 Å². The van der Waals surface area contributed by atoms with Crippen LogP contribution in [0.25, 0.3) is 0 Å². The van der Waals surface area contributed by atoms with Crippen molar-refractivity contribution in [2.45, 2.75) is 96.8 Å². The zero-order chi connectivity index (χ0) is 25.8. The molecule has 7 nitrogen and oxygen atoms in total. The Kier molecular flexibility index (Phi) is 8.26. The molecule has 1 unspecified atom stereocenters. The van der Waals surface area contributed by atoms with E-state index in [9.17, 15) is 14.4 Å². The van der Waals surface area contributed by atoms with Crippen molar-refractivity contribution in [3.8, 4) is 0 Å². The zero-order valence-corrected chi connectivity index (χ0v) is 22.0. The number of hydrogen-bond donors (Lipinski definition) is 2. The van der Waals surface area contributed by atoms with Crippen molar-refractivity contribution in [2.75, 3.05) is 6.54 Å². The lowest BCUT2D eigenvalue weighted by molar-refractivity contribution is -0.161. The van der Waals surface area contributed by atoms with Gasteiger partial charge in [0.05, 0.1) is 0 Å². The Bertz CT molecular complexity index is 888. The van der Waals surface area contributed by atoms with Gasteiger partial charge in [-0.15, -0.1) is 0 Å². The van der Waals surface area contributed by atoms with Crippen LogP contribution in [0.4, 0.5) is 4.79 Å². The minimum atomic E-state index is -0.672. The van der Waals surface area contributed by atoms with E-state index in [-0.39, 0.29) is 23.9 Å². The van der Waals surface area contributed by atoms with Crippen molar-refractivity contribution in [1.82, 2.24) is 10.6 Å². The van der Waals surface area contributed by atoms with E-state index in [4.69, 9.17) is 9.47 Å². The van der Waals surface area contributed by atoms with Gasteiger partial charge in [-0.3, -0.25) is 4.79 Å². The summed E-state index contributed by atoms with van der Waals surface area (Å²) in [6.07, 6.45) is 8.04. The average Bonchev–Trinajstić information content (AvgIpc) is 2.80. The van der Waals surface area contributed by atoms with Gasteiger partial charge >= 0.3 is 12.1 Å². The lowest BCUT2D eigenvalue weighted by Crippen LogP contribution is -2.56. The summed E-state index contributed by atoms with van der Waals surface area (Å²) in [4.78, 5) is 38.5. The minimum absolute atomic E-state index is 0.0417. The fourth-order valence-corrected chi connectivity index (χ4v) is 6.76. The molecule has 0 heterocycles. The second-order valence-corrected chi connectivity index (χ2v) is 12.2. The maximum atomic E-state index is 13.6. The fourth-order valence-electron chi connectivity index (χ4n) is 6.76. The number of amides is 2. The van der Waals surface area contributed by atoms with E-state index in [1.54, 1.807) is 0 Å². The van der Waals surface area contributed by atoms with E-state index in [0.717, 1.165) is 24.8 Å². The highest BCUT2D eigenvalue weighted by Crippen LogP contribution is 2.60. The van der Waals surface area contributed by atoms with Crippen LogP contribution in [0.5, 0.6) is 0 Å². The molecule has 4 aliphatic carbocycles. The molecular formula is C29H42N2O5. The van der Waals surface area contributed by atoms with Crippen LogP contribution in [0.3, 0.4) is 0 Å². The smallest absolute Gasteiger partial charge is 0.407 e. The fraction of sp³-hybridized carbons (Fsp3) is 0.690. The summed E-state index contributed by atoms with van der Waals surface area (Å²) in [6.45, 7) is 6.19. The highest BCUT2D eigenvalue weighted by molar-refractivity contribution is 5.88. The molecule has 0 spiro atoms. The van der Waals surface area contributed by atoms with Gasteiger partial charge in [0.2, 0.25) is 5.91 Å². The van der Waals surface area contributed by atoms with E-state index in [2.05, 4.69) is 10.6 Å². The summed E-state index contributed by atoms with van der Waals surface area (Å²) >= 11 is 0. The monoisotopic (exact) mass is 498 g/mol. The average molecular weight is 499 g/mol. The van der Waals surface area contributed by atoms with Gasteiger partial charge in [-0.25, -0.2) is 9.59 Å². The quantitative estimate of drug-likeness (QED) is 0.345. The van der Waals surface area contributed by atoms with Crippen LogP contribution >= 0.6 is 0 Å². The van der Waals surface area contributed by atoms with Gasteiger partial charge in [0, 0.05) is 12.0 Å². The molecule has 0 radical (unpaired) electrons. The van der Waals surface area contributed by atoms with E-state index in [0.29, 0.717) is 43.6 Å². The number of carbonyl (C=O) groups excluding carboxylic acids is 3. The topological polar surface area (TPSA) is 93.7 Å². The Morgan fingerprint density at radius 1 is 0.972 bits per heavy atom. The molecule has 36 heavy (non-hydrogen) atoms. The molecule has 198 valence electrons. The van der Waals surface area contributed by atoms with Crippen molar-refractivity contribution < 1.29 is 23.9 Å². The summed E-state index contributed by atoms with van der Waals surface area (Å²) in [5, 5.41) is 5.87. The summed E-state index contributed by atoms with van der Waals surface area (Å²) in [5.41, 5.74) is 0.00629. The van der Waals surface area contributed by atoms with E-state index < -0.39 is 17.7 Å². The molecule has 1 aromatic rings. The molecule has 4 saturated carbocycles. The van der Waals surface area contributed by atoms with Crippen molar-refractivity contribution >= 4 is 18.0 Å². The zero-order valence-electron chi connectivity index (χ0n) is 22.0. The van der Waals surface area contributed by atoms with E-state index in [1.165, 1.54) is 19.3 Å². The number of ether oxygens (including phenoxy) is 2. The van der Waals surface area contributed by atoms with Crippen LogP contribution in [0.15, 0.2) is 30.3 Å². The maximum absolute atomic E-state index is 13.6. The van der Waals surface area contributed by atoms with Crippen molar-refractivity contribution in [3.63, 3.8) is 0 Å². The van der Waals surface area contributed by atoms with Crippen molar-refractivity contribution in [3.05, 3.63) is 35.9 Å². The Hall–Kier alpha value is -2.57. The van der Waals surface area contributed by atoms with Crippen LogP contribution < -0.4 is 10.6 Å². The molecule has 1 aromatic carbocycles. The second-order valence-electron chi connectivity index (χ2n) is 12.2. The number of nitrogens with one attached hydrogen (secondary N) is 2. The summed E-state index contributed by atoms with van der Waals surface area (Å²) in [5.74, 6) is 1.65. The third-order valence-corrected chi connectivity index (χ3v) is 7.92. The van der Waals surface area contributed by atoms with Gasteiger partial charge in [-0.2, -0.15) is 0 Å². The first-order valence-electron chi connectivity index (χ1n) is 13.6. The number of rotatable bonds is 10. The molecule has 1 atom stereocenters. The summed E-state index contributed by atoms with van der Waals surface area (Å²) in [7, 11) is 0. The minimum Gasteiger partial charge on any atom is -0.458 e. The molecular weight excluding hydrogens is 456 g/mol. The van der Waals surface area contributed by atoms with Crippen LogP contribution in [0, 0.1) is 23.2 Å². The number of benzene rings is 1. The first kappa shape index (κ1) is 26.5. The highest BCUT2D eigenvalue weighted by atomic mass is 16.6. The molecule has 0 saturated heterocycles. The van der Waals surface area contributed by atoms with Gasteiger partial charge < -0.3 is 20.1 Å². The number of unbranched alkanes of at least 4 members (excludes halogenated alkanes) is 1. The largest absolute Gasteiger partial charge is 0.458 e. The molecule has 5 rings (SSSR count). The number of hydrogen-bond acceptors (Lipinski definition) is 5. The van der Waals surface area contributed by atoms with Gasteiger partial charge in [-0.1, -0.05) is 30.3 Å². The lowest BCUT2D eigenvalue weighted by Gasteiger charge is -2.55. The number of esters is 1. The lowest BCUT2D eigenvalue weighted by atomic mass is 9.49. The molecule has 2 amide bonds. The van der Waals surface area contributed by atoms with Crippen LogP contribution in [-0.2, 0) is 25.7 Å². The van der Waals surface area contributed by atoms with Gasteiger partial charge in [-0.05, 0) is 102 Å². The third-order valence-electron chi connectivity index (χ3n) is 7.92. The molecule has 4 aliphatic rings. The molecule has 0 aliphatic heterocycles. The molecule has 4 fully saturated rings. The molecule has 0 aromatic heterocycles. The SMILES string of the molecule is CC(C)(C)OC(=O)C(CCCCNC(=O)OCc1ccccc1)NC(=O)C12CC3CC(CC(C3)C1)C2. The standard InChI is InChI=1S/C29H42N2O5/c1-28(2,3)36-25(32)24(11-7-8-12-30-27(34)35-19-20-9-5-4-6-10-20)31-26(33)29-16-21-13-22(17-29)15-23(14-21)18-29/h4-6,9-10,21-24H,7-8,11-19H2,1-3H3,(H,30,34)(H,31,33). The Balaban J connectivity index is 1.25. The van der Waals surface area contributed by atoms with Crippen molar-refractivity contribution in [2.24, 2.45) is 23.2 Å². The van der Waals surface area contributed by atoms with Crippen LogP contribution in [0.1, 0.15) is 84.1 Å². The van der Waals surface area contributed by atoms with E-state index >= 15 is 0 Å². The summed E-state index contributed by atoms with van der Waals surface area (Å²) in [6, 6.07) is 8.86. The Morgan fingerprint density at radius 3 is 2.17 bits per heavy atom. The van der Waals surface area contributed by atoms with Gasteiger partial charge in [0.25, 0.3) is 0 Å². The maximum Gasteiger partial charge on any atom is 0.407 e. The van der Waals surface area contributed by atoms with Crippen LogP contribution in [0.2, 0.25) is 0 Å². The number of alkyl carbamates (subject to hydrolysis) is 1. The summed E-state index contributed by atoms with van der Waals surface area (Å²) < 4.78 is 10.9. The molecule has 2 N–H and O–H groups in total. The second kappa shape index (κ2) is 11.2. The third kappa shape index (κ3) is 7.01. The first-order valence-corrected chi connectivity index (χ1v) is 13.6. The van der Waals surface area contributed by atoms with Crippen molar-refractivity contribution in [1.29, 1.82) is 0 Å². The van der Waals surface area contributed by atoms with Gasteiger partial charge in [0.1, 0.15) is 18.2 Å². The highest BCUT2D eigenvalue weighted by Gasteiger charge is 2.55. The predicted molar refractivity (Wildman–Crippen MR) is 137 cm³/mol. The Labute approximate surface area is 215 Å². The molecule has 4 bridgehead atoms. The number of carbonyl (C=O) groups is 3. The Morgan fingerprint density at radius 2 is 1.58 bits per heavy atom. The van der Waals surface area contributed by atoms with Crippen LogP contribution in [-0.4, -0.2) is 36.2 Å². The van der Waals surface area contributed by atoms with Gasteiger partial charge in [0.15, 0.2) is 0 Å². The first-order chi connectivity index (χ1) is 17.1. The normalized spacial score (nSPS) is 27.2. The molecule has 7 heteroatoms.